The minimum Gasteiger partial charge on any atom is -0.378 e. The van der Waals surface area contributed by atoms with E-state index >= 15 is 0 Å². The van der Waals surface area contributed by atoms with E-state index in [-0.39, 0.29) is 5.91 Å². The first-order chi connectivity index (χ1) is 10.8. The summed E-state index contributed by atoms with van der Waals surface area (Å²) in [4.78, 5) is 22.7. The zero-order valence-electron chi connectivity index (χ0n) is 12.2. The Morgan fingerprint density at radius 3 is 2.59 bits per heavy atom. The zero-order valence-corrected chi connectivity index (χ0v) is 12.2. The molecule has 114 valence electrons. The standard InChI is InChI=1S/C16H18N4O2/c21-16(19-10-13-4-2-1-3-5-13)14-11-18-15(12-17-14)20-6-8-22-9-7-20/h1-5,11-12H,6-10H2,(H,19,21). The fraction of sp³-hybridized carbons (Fsp3) is 0.312. The highest BCUT2D eigenvalue weighted by molar-refractivity contribution is 5.91. The van der Waals surface area contributed by atoms with Crippen molar-refractivity contribution in [3.05, 3.63) is 54.0 Å². The number of anilines is 1. The van der Waals surface area contributed by atoms with Crippen molar-refractivity contribution in [2.24, 2.45) is 0 Å². The van der Waals surface area contributed by atoms with Gasteiger partial charge < -0.3 is 15.0 Å². The average molecular weight is 298 g/mol. The van der Waals surface area contributed by atoms with E-state index in [2.05, 4.69) is 20.2 Å². The summed E-state index contributed by atoms with van der Waals surface area (Å²) in [6.07, 6.45) is 3.16. The van der Waals surface area contributed by atoms with Gasteiger partial charge in [-0.15, -0.1) is 0 Å². The predicted molar refractivity (Wildman–Crippen MR) is 82.7 cm³/mol. The summed E-state index contributed by atoms with van der Waals surface area (Å²) >= 11 is 0. The number of carbonyl (C=O) groups excluding carboxylic acids is 1. The highest BCUT2D eigenvalue weighted by Gasteiger charge is 2.14. The molecule has 1 amide bonds. The number of ether oxygens (including phenoxy) is 1. The second-order valence-electron chi connectivity index (χ2n) is 5.03. The molecule has 0 unspecified atom stereocenters. The van der Waals surface area contributed by atoms with Crippen molar-refractivity contribution in [1.82, 2.24) is 15.3 Å². The Labute approximate surface area is 129 Å². The van der Waals surface area contributed by atoms with Gasteiger partial charge in [0.2, 0.25) is 0 Å². The zero-order chi connectivity index (χ0) is 15.2. The van der Waals surface area contributed by atoms with Crippen LogP contribution < -0.4 is 10.2 Å². The maximum absolute atomic E-state index is 12.1. The van der Waals surface area contributed by atoms with Crippen LogP contribution in [-0.2, 0) is 11.3 Å². The van der Waals surface area contributed by atoms with Crippen molar-refractivity contribution in [3.63, 3.8) is 0 Å². The molecule has 6 heteroatoms. The topological polar surface area (TPSA) is 67.4 Å². The highest BCUT2D eigenvalue weighted by atomic mass is 16.5. The van der Waals surface area contributed by atoms with Crippen LogP contribution in [0.3, 0.4) is 0 Å². The van der Waals surface area contributed by atoms with Gasteiger partial charge in [0.1, 0.15) is 11.5 Å². The summed E-state index contributed by atoms with van der Waals surface area (Å²) < 4.78 is 5.30. The van der Waals surface area contributed by atoms with E-state index in [4.69, 9.17) is 4.74 Å². The van der Waals surface area contributed by atoms with E-state index < -0.39 is 0 Å². The minimum absolute atomic E-state index is 0.218. The number of benzene rings is 1. The van der Waals surface area contributed by atoms with Crippen LogP contribution in [0.2, 0.25) is 0 Å². The third-order valence-corrected chi connectivity index (χ3v) is 3.50. The molecule has 0 saturated carbocycles. The van der Waals surface area contributed by atoms with Crippen LogP contribution in [0.4, 0.5) is 5.82 Å². The molecule has 1 N–H and O–H groups in total. The Bertz CT molecular complexity index is 610. The Kier molecular flexibility index (Phi) is 4.60. The third kappa shape index (κ3) is 3.59. The van der Waals surface area contributed by atoms with Crippen molar-refractivity contribution >= 4 is 11.7 Å². The van der Waals surface area contributed by atoms with Gasteiger partial charge in [0.25, 0.3) is 5.91 Å². The number of hydrogen-bond acceptors (Lipinski definition) is 5. The van der Waals surface area contributed by atoms with Gasteiger partial charge in [-0.25, -0.2) is 9.97 Å². The molecule has 0 aliphatic carbocycles. The summed E-state index contributed by atoms with van der Waals surface area (Å²) in [5.41, 5.74) is 1.38. The Hall–Kier alpha value is -2.47. The number of amides is 1. The van der Waals surface area contributed by atoms with Crippen molar-refractivity contribution in [3.8, 4) is 0 Å². The number of hydrogen-bond donors (Lipinski definition) is 1. The van der Waals surface area contributed by atoms with E-state index in [9.17, 15) is 4.79 Å². The molecular weight excluding hydrogens is 280 g/mol. The van der Waals surface area contributed by atoms with Crippen molar-refractivity contribution in [1.29, 1.82) is 0 Å². The lowest BCUT2D eigenvalue weighted by Gasteiger charge is -2.27. The lowest BCUT2D eigenvalue weighted by Crippen LogP contribution is -2.37. The van der Waals surface area contributed by atoms with Gasteiger partial charge in [-0.3, -0.25) is 4.79 Å². The summed E-state index contributed by atoms with van der Waals surface area (Å²) in [6.45, 7) is 3.47. The molecule has 1 aliphatic rings. The molecule has 1 aliphatic heterocycles. The van der Waals surface area contributed by atoms with E-state index in [0.29, 0.717) is 25.5 Å². The lowest BCUT2D eigenvalue weighted by atomic mass is 10.2. The molecule has 1 aromatic carbocycles. The monoisotopic (exact) mass is 298 g/mol. The van der Waals surface area contributed by atoms with Gasteiger partial charge in [-0.1, -0.05) is 30.3 Å². The Morgan fingerprint density at radius 2 is 1.91 bits per heavy atom. The number of morpholine rings is 1. The molecular formula is C16H18N4O2. The van der Waals surface area contributed by atoms with E-state index in [1.54, 1.807) is 6.20 Å². The van der Waals surface area contributed by atoms with E-state index in [1.165, 1.54) is 6.20 Å². The first kappa shape index (κ1) is 14.5. The van der Waals surface area contributed by atoms with Crippen molar-refractivity contribution in [2.45, 2.75) is 6.54 Å². The van der Waals surface area contributed by atoms with Gasteiger partial charge in [-0.2, -0.15) is 0 Å². The molecule has 6 nitrogen and oxygen atoms in total. The molecule has 3 rings (SSSR count). The number of aromatic nitrogens is 2. The number of carbonyl (C=O) groups is 1. The van der Waals surface area contributed by atoms with Gasteiger partial charge in [0, 0.05) is 19.6 Å². The summed E-state index contributed by atoms with van der Waals surface area (Å²) in [6, 6.07) is 9.76. The molecule has 0 atom stereocenters. The van der Waals surface area contributed by atoms with E-state index in [1.807, 2.05) is 30.3 Å². The molecule has 0 bridgehead atoms. The molecule has 2 heterocycles. The molecule has 1 fully saturated rings. The van der Waals surface area contributed by atoms with Crippen LogP contribution in [0, 0.1) is 0 Å². The molecule has 22 heavy (non-hydrogen) atoms. The first-order valence-corrected chi connectivity index (χ1v) is 7.30. The van der Waals surface area contributed by atoms with Crippen LogP contribution in [-0.4, -0.2) is 42.2 Å². The average Bonchev–Trinajstić information content (AvgIpc) is 2.61. The van der Waals surface area contributed by atoms with Gasteiger partial charge >= 0.3 is 0 Å². The molecule has 0 spiro atoms. The van der Waals surface area contributed by atoms with Crippen LogP contribution in [0.15, 0.2) is 42.7 Å². The summed E-state index contributed by atoms with van der Waals surface area (Å²) in [5.74, 6) is 0.563. The normalized spacial score (nSPS) is 14.6. The quantitative estimate of drug-likeness (QED) is 0.920. The van der Waals surface area contributed by atoms with Crippen molar-refractivity contribution in [2.75, 3.05) is 31.2 Å². The first-order valence-electron chi connectivity index (χ1n) is 7.30. The van der Waals surface area contributed by atoms with Gasteiger partial charge in [0.05, 0.1) is 25.6 Å². The molecule has 1 aromatic heterocycles. The molecule has 2 aromatic rings. The fourth-order valence-corrected chi connectivity index (χ4v) is 2.26. The highest BCUT2D eigenvalue weighted by Crippen LogP contribution is 2.11. The predicted octanol–water partition coefficient (Wildman–Crippen LogP) is 1.24. The van der Waals surface area contributed by atoms with Crippen LogP contribution in [0.25, 0.3) is 0 Å². The minimum atomic E-state index is -0.218. The maximum atomic E-state index is 12.1. The lowest BCUT2D eigenvalue weighted by molar-refractivity contribution is 0.0945. The SMILES string of the molecule is O=C(NCc1ccccc1)c1cnc(N2CCOCC2)cn1. The molecule has 0 radical (unpaired) electrons. The maximum Gasteiger partial charge on any atom is 0.271 e. The second kappa shape index (κ2) is 7.00. The van der Waals surface area contributed by atoms with Crippen molar-refractivity contribution < 1.29 is 9.53 Å². The largest absolute Gasteiger partial charge is 0.378 e. The number of nitrogens with zero attached hydrogens (tertiary/aromatic N) is 3. The number of nitrogens with one attached hydrogen (secondary N) is 1. The Morgan fingerprint density at radius 1 is 1.14 bits per heavy atom. The smallest absolute Gasteiger partial charge is 0.271 e. The van der Waals surface area contributed by atoms with Crippen LogP contribution >= 0.6 is 0 Å². The van der Waals surface area contributed by atoms with E-state index in [0.717, 1.165) is 24.5 Å². The summed E-state index contributed by atoms with van der Waals surface area (Å²) in [5, 5.41) is 2.84. The summed E-state index contributed by atoms with van der Waals surface area (Å²) in [7, 11) is 0. The number of rotatable bonds is 4. The van der Waals surface area contributed by atoms with Crippen LogP contribution in [0.5, 0.6) is 0 Å². The third-order valence-electron chi connectivity index (χ3n) is 3.50. The second-order valence-corrected chi connectivity index (χ2v) is 5.03. The van der Waals surface area contributed by atoms with Gasteiger partial charge in [0.15, 0.2) is 0 Å². The van der Waals surface area contributed by atoms with Gasteiger partial charge in [-0.05, 0) is 5.56 Å². The Balaban J connectivity index is 1.58. The van der Waals surface area contributed by atoms with Crippen LogP contribution in [0.1, 0.15) is 16.1 Å². The molecule has 1 saturated heterocycles. The fourth-order valence-electron chi connectivity index (χ4n) is 2.26.